The minimum atomic E-state index is -0.555. The van der Waals surface area contributed by atoms with Gasteiger partial charge in [0.15, 0.2) is 0 Å². The van der Waals surface area contributed by atoms with Gasteiger partial charge in [-0.05, 0) is 29.3 Å². The summed E-state index contributed by atoms with van der Waals surface area (Å²) >= 11 is 0. The van der Waals surface area contributed by atoms with Crippen molar-refractivity contribution in [3.05, 3.63) is 77.5 Å². The molecule has 0 bridgehead atoms. The molecule has 0 radical (unpaired) electrons. The molecule has 0 aliphatic rings. The molecule has 138 valence electrons. The van der Waals surface area contributed by atoms with Gasteiger partial charge >= 0.3 is 0 Å². The Morgan fingerprint density at radius 3 is 2.67 bits per heavy atom. The van der Waals surface area contributed by atoms with Gasteiger partial charge in [0.25, 0.3) is 5.91 Å². The highest BCUT2D eigenvalue weighted by atomic mass is 16.5. The molecule has 0 fully saturated rings. The second-order valence-electron chi connectivity index (χ2n) is 5.99. The third-order valence-corrected chi connectivity index (χ3v) is 4.11. The number of benzene rings is 2. The second-order valence-corrected chi connectivity index (χ2v) is 5.99. The Morgan fingerprint density at radius 2 is 1.93 bits per heavy atom. The Labute approximate surface area is 157 Å². The zero-order valence-corrected chi connectivity index (χ0v) is 15.0. The van der Waals surface area contributed by atoms with Crippen LogP contribution in [0.4, 0.5) is 0 Å². The Hall–Kier alpha value is -3.22. The normalized spacial score (nSPS) is 11.0. The first kappa shape index (κ1) is 18.6. The van der Waals surface area contributed by atoms with Crippen LogP contribution >= 0.6 is 0 Å². The number of hydrogen-bond donors (Lipinski definition) is 3. The number of para-hydroxylation sites is 1. The summed E-state index contributed by atoms with van der Waals surface area (Å²) in [6, 6.07) is 17.7. The Bertz CT molecular complexity index is 953. The third kappa shape index (κ3) is 4.91. The molecule has 27 heavy (non-hydrogen) atoms. The number of ether oxygens (including phenoxy) is 1. The van der Waals surface area contributed by atoms with Gasteiger partial charge in [0.2, 0.25) is 0 Å². The molecular formula is C21H21N3O3. The van der Waals surface area contributed by atoms with Crippen LogP contribution in [0.2, 0.25) is 0 Å². The van der Waals surface area contributed by atoms with E-state index in [1.807, 2.05) is 54.6 Å². The highest BCUT2D eigenvalue weighted by Gasteiger charge is 2.04. The first-order valence-corrected chi connectivity index (χ1v) is 8.54. The maximum Gasteiger partial charge on any atom is 0.267 e. The monoisotopic (exact) mass is 363 g/mol. The molecule has 0 spiro atoms. The predicted octanol–water partition coefficient (Wildman–Crippen LogP) is 3.05. The minimum Gasteiger partial charge on any atom is -0.494 e. The fraction of sp³-hybridized carbons (Fsp3) is 0.143. The molecule has 1 aromatic heterocycles. The van der Waals surface area contributed by atoms with Crippen LogP contribution in [0.15, 0.2) is 60.7 Å². The van der Waals surface area contributed by atoms with Crippen LogP contribution < -0.4 is 15.5 Å². The van der Waals surface area contributed by atoms with E-state index in [-0.39, 0.29) is 0 Å². The van der Waals surface area contributed by atoms with Gasteiger partial charge in [-0.15, -0.1) is 0 Å². The van der Waals surface area contributed by atoms with Gasteiger partial charge in [-0.3, -0.25) is 10.0 Å². The number of aromatic nitrogens is 1. The predicted molar refractivity (Wildman–Crippen MR) is 104 cm³/mol. The van der Waals surface area contributed by atoms with E-state index in [4.69, 9.17) is 9.94 Å². The molecular weight excluding hydrogens is 342 g/mol. The van der Waals surface area contributed by atoms with Gasteiger partial charge in [0.05, 0.1) is 12.8 Å². The van der Waals surface area contributed by atoms with Crippen molar-refractivity contribution in [2.24, 2.45) is 0 Å². The van der Waals surface area contributed by atoms with Crippen molar-refractivity contribution in [3.63, 3.8) is 0 Å². The Balaban J connectivity index is 1.59. The number of amides is 1. The van der Waals surface area contributed by atoms with Crippen LogP contribution in [0.5, 0.6) is 5.75 Å². The average molecular weight is 363 g/mol. The molecule has 2 aromatic carbocycles. The van der Waals surface area contributed by atoms with Gasteiger partial charge in [-0.2, -0.15) is 0 Å². The van der Waals surface area contributed by atoms with Crippen molar-refractivity contribution < 1.29 is 14.7 Å². The summed E-state index contributed by atoms with van der Waals surface area (Å²) in [6.45, 7) is 1.35. The molecule has 3 rings (SSSR count). The zero-order valence-electron chi connectivity index (χ0n) is 15.0. The summed E-state index contributed by atoms with van der Waals surface area (Å²) in [4.78, 5) is 15.7. The van der Waals surface area contributed by atoms with Crippen molar-refractivity contribution in [1.29, 1.82) is 0 Å². The molecule has 0 saturated carbocycles. The Kier molecular flexibility index (Phi) is 6.14. The lowest BCUT2D eigenvalue weighted by Crippen LogP contribution is -2.14. The first-order chi connectivity index (χ1) is 13.2. The lowest BCUT2D eigenvalue weighted by Gasteiger charge is -2.08. The van der Waals surface area contributed by atoms with Crippen molar-refractivity contribution >= 4 is 22.9 Å². The zero-order chi connectivity index (χ0) is 19.1. The van der Waals surface area contributed by atoms with Crippen LogP contribution in [0.25, 0.3) is 17.0 Å². The topological polar surface area (TPSA) is 83.5 Å². The number of carbonyl (C=O) groups excluding carboxylic acids is 1. The van der Waals surface area contributed by atoms with E-state index in [0.717, 1.165) is 33.5 Å². The SMILES string of the molecule is COc1cccc2ccc(CNCc3ccc(/C=C/C(=O)NO)cc3)nc12. The molecule has 1 amide bonds. The second kappa shape index (κ2) is 8.93. The van der Waals surface area contributed by atoms with Crippen LogP contribution in [-0.4, -0.2) is 23.2 Å². The fourth-order valence-electron chi connectivity index (χ4n) is 2.71. The highest BCUT2D eigenvalue weighted by Crippen LogP contribution is 2.23. The van der Waals surface area contributed by atoms with Crippen LogP contribution in [0.1, 0.15) is 16.8 Å². The Morgan fingerprint density at radius 1 is 1.11 bits per heavy atom. The van der Waals surface area contributed by atoms with Gasteiger partial charge in [0, 0.05) is 24.6 Å². The summed E-state index contributed by atoms with van der Waals surface area (Å²) in [5.41, 5.74) is 5.37. The van der Waals surface area contributed by atoms with Gasteiger partial charge < -0.3 is 10.1 Å². The maximum absolute atomic E-state index is 11.0. The minimum absolute atomic E-state index is 0.555. The molecule has 0 unspecified atom stereocenters. The number of hydroxylamine groups is 1. The molecule has 6 nitrogen and oxygen atoms in total. The van der Waals surface area contributed by atoms with E-state index >= 15 is 0 Å². The molecule has 3 aromatic rings. The number of hydrogen-bond acceptors (Lipinski definition) is 5. The lowest BCUT2D eigenvalue weighted by molar-refractivity contribution is -0.124. The van der Waals surface area contributed by atoms with E-state index in [0.29, 0.717) is 13.1 Å². The van der Waals surface area contributed by atoms with Crippen molar-refractivity contribution in [1.82, 2.24) is 15.8 Å². The summed E-state index contributed by atoms with van der Waals surface area (Å²) in [7, 11) is 1.65. The van der Waals surface area contributed by atoms with Gasteiger partial charge in [0.1, 0.15) is 11.3 Å². The number of nitrogens with one attached hydrogen (secondary N) is 2. The van der Waals surface area contributed by atoms with E-state index in [2.05, 4.69) is 10.3 Å². The smallest absolute Gasteiger partial charge is 0.267 e. The molecule has 6 heteroatoms. The first-order valence-electron chi connectivity index (χ1n) is 8.54. The summed E-state index contributed by atoms with van der Waals surface area (Å²) < 4.78 is 5.38. The number of methoxy groups -OCH3 is 1. The number of pyridine rings is 1. The van der Waals surface area contributed by atoms with Crippen molar-refractivity contribution in [3.8, 4) is 5.75 Å². The number of nitrogens with zero attached hydrogens (tertiary/aromatic N) is 1. The molecule has 1 heterocycles. The van der Waals surface area contributed by atoms with Crippen molar-refractivity contribution in [2.75, 3.05) is 7.11 Å². The fourth-order valence-corrected chi connectivity index (χ4v) is 2.71. The van der Waals surface area contributed by atoms with Crippen LogP contribution in [-0.2, 0) is 17.9 Å². The largest absolute Gasteiger partial charge is 0.494 e. The third-order valence-electron chi connectivity index (χ3n) is 4.11. The molecule has 0 saturated heterocycles. The highest BCUT2D eigenvalue weighted by molar-refractivity contribution is 5.90. The number of rotatable bonds is 7. The average Bonchev–Trinajstić information content (AvgIpc) is 2.72. The van der Waals surface area contributed by atoms with Crippen LogP contribution in [0.3, 0.4) is 0 Å². The van der Waals surface area contributed by atoms with Crippen LogP contribution in [0, 0.1) is 0 Å². The standard InChI is InChI=1S/C21H21N3O3/c1-27-19-4-2-3-17-10-11-18(23-21(17)19)14-22-13-16-7-5-15(6-8-16)9-12-20(25)24-26/h2-12,22,26H,13-14H2,1H3,(H,24,25)/b12-9+. The van der Waals surface area contributed by atoms with E-state index < -0.39 is 5.91 Å². The molecule has 3 N–H and O–H groups in total. The quantitative estimate of drug-likeness (QED) is 0.341. The summed E-state index contributed by atoms with van der Waals surface area (Å²) in [5, 5.41) is 12.9. The molecule has 0 atom stereocenters. The van der Waals surface area contributed by atoms with E-state index in [1.54, 1.807) is 18.7 Å². The molecule has 0 aliphatic heterocycles. The summed E-state index contributed by atoms with van der Waals surface area (Å²) in [5.74, 6) is 0.216. The van der Waals surface area contributed by atoms with Gasteiger partial charge in [-0.25, -0.2) is 10.5 Å². The number of fused-ring (bicyclic) bond motifs is 1. The maximum atomic E-state index is 11.0. The van der Waals surface area contributed by atoms with Crippen molar-refractivity contribution in [2.45, 2.75) is 13.1 Å². The number of carbonyl (C=O) groups is 1. The van der Waals surface area contributed by atoms with E-state index in [1.165, 1.54) is 6.08 Å². The van der Waals surface area contributed by atoms with E-state index in [9.17, 15) is 4.79 Å². The lowest BCUT2D eigenvalue weighted by atomic mass is 10.1. The van der Waals surface area contributed by atoms with Gasteiger partial charge in [-0.1, -0.05) is 42.5 Å². The summed E-state index contributed by atoms with van der Waals surface area (Å²) in [6.07, 6.45) is 2.90. The molecule has 0 aliphatic carbocycles.